The molecule has 122 valence electrons. The molecule has 0 bridgehead atoms. The number of unbranched alkanes of at least 4 members (excludes halogenated alkanes) is 1. The monoisotopic (exact) mass is 289 g/mol. The van der Waals surface area contributed by atoms with Crippen molar-refractivity contribution in [3.05, 3.63) is 0 Å². The summed E-state index contributed by atoms with van der Waals surface area (Å²) in [5, 5.41) is 13.0. The van der Waals surface area contributed by atoms with Crippen LogP contribution in [0, 0.1) is 5.92 Å². The minimum Gasteiger partial charge on any atom is -0.389 e. The summed E-state index contributed by atoms with van der Waals surface area (Å²) in [7, 11) is 0. The first-order chi connectivity index (χ1) is 9.74. The van der Waals surface area contributed by atoms with Gasteiger partial charge in [0.25, 0.3) is 0 Å². The highest BCUT2D eigenvalue weighted by molar-refractivity contribution is 4.60. The van der Waals surface area contributed by atoms with Gasteiger partial charge in [-0.05, 0) is 32.2 Å². The van der Waals surface area contributed by atoms with Gasteiger partial charge < -0.3 is 19.9 Å². The minimum atomic E-state index is -0.411. The van der Waals surface area contributed by atoms with Crippen LogP contribution in [-0.4, -0.2) is 50.7 Å². The van der Waals surface area contributed by atoms with E-state index in [9.17, 15) is 5.11 Å². The van der Waals surface area contributed by atoms with E-state index in [2.05, 4.69) is 19.2 Å². The molecule has 0 rings (SSSR count). The highest BCUT2D eigenvalue weighted by Crippen LogP contribution is 2.12. The third-order valence-corrected chi connectivity index (χ3v) is 3.43. The van der Waals surface area contributed by atoms with Crippen LogP contribution in [-0.2, 0) is 9.47 Å². The Balaban J connectivity index is 3.40. The summed E-state index contributed by atoms with van der Waals surface area (Å²) in [6.07, 6.45) is 5.48. The smallest absolute Gasteiger partial charge is 0.0897 e. The standard InChI is InChI=1S/C16H35NO3/c1-4-7-9-15(5-2)13-20-14-16(18)12-17-10-8-11-19-6-3/h15-18H,4-14H2,1-3H3. The Kier molecular flexibility index (Phi) is 15.1. The number of hydrogen-bond donors (Lipinski definition) is 2. The molecule has 0 aliphatic carbocycles. The molecule has 2 atom stereocenters. The van der Waals surface area contributed by atoms with E-state index in [1.807, 2.05) is 6.92 Å². The maximum Gasteiger partial charge on any atom is 0.0897 e. The molecule has 0 heterocycles. The van der Waals surface area contributed by atoms with Gasteiger partial charge in [0.15, 0.2) is 0 Å². The molecule has 4 heteroatoms. The summed E-state index contributed by atoms with van der Waals surface area (Å²) in [5.74, 6) is 0.640. The zero-order valence-corrected chi connectivity index (χ0v) is 13.7. The van der Waals surface area contributed by atoms with Crippen LogP contribution in [0.4, 0.5) is 0 Å². The Morgan fingerprint density at radius 2 is 1.85 bits per heavy atom. The fourth-order valence-corrected chi connectivity index (χ4v) is 2.04. The number of aliphatic hydroxyl groups excluding tert-OH is 1. The van der Waals surface area contributed by atoms with E-state index in [4.69, 9.17) is 9.47 Å². The van der Waals surface area contributed by atoms with Crippen molar-refractivity contribution in [2.45, 2.75) is 59.0 Å². The number of hydrogen-bond acceptors (Lipinski definition) is 4. The molecule has 4 nitrogen and oxygen atoms in total. The molecular formula is C16H35NO3. The van der Waals surface area contributed by atoms with Gasteiger partial charge in [0.05, 0.1) is 12.7 Å². The van der Waals surface area contributed by atoms with Crippen LogP contribution in [0.25, 0.3) is 0 Å². The van der Waals surface area contributed by atoms with Gasteiger partial charge in [0, 0.05) is 26.4 Å². The number of nitrogens with one attached hydrogen (secondary N) is 1. The van der Waals surface area contributed by atoms with Crippen LogP contribution < -0.4 is 5.32 Å². The lowest BCUT2D eigenvalue weighted by atomic mass is 10.0. The number of rotatable bonds is 15. The molecular weight excluding hydrogens is 254 g/mol. The second-order valence-electron chi connectivity index (χ2n) is 5.36. The van der Waals surface area contributed by atoms with Crippen LogP contribution in [0.2, 0.25) is 0 Å². The summed E-state index contributed by atoms with van der Waals surface area (Å²) in [5.41, 5.74) is 0. The second-order valence-corrected chi connectivity index (χ2v) is 5.36. The Morgan fingerprint density at radius 1 is 1.05 bits per heavy atom. The maximum atomic E-state index is 9.79. The first-order valence-corrected chi connectivity index (χ1v) is 8.28. The molecule has 0 aliphatic rings. The fourth-order valence-electron chi connectivity index (χ4n) is 2.04. The lowest BCUT2D eigenvalue weighted by Crippen LogP contribution is -2.32. The number of aliphatic hydroxyl groups is 1. The third kappa shape index (κ3) is 12.9. The predicted octanol–water partition coefficient (Wildman–Crippen LogP) is 2.60. The van der Waals surface area contributed by atoms with Gasteiger partial charge in [-0.2, -0.15) is 0 Å². The average Bonchev–Trinajstić information content (AvgIpc) is 2.46. The Morgan fingerprint density at radius 3 is 2.50 bits per heavy atom. The van der Waals surface area contributed by atoms with Crippen LogP contribution in [0.5, 0.6) is 0 Å². The minimum absolute atomic E-state index is 0.411. The second kappa shape index (κ2) is 15.2. The molecule has 0 amide bonds. The lowest BCUT2D eigenvalue weighted by molar-refractivity contribution is 0.0192. The van der Waals surface area contributed by atoms with E-state index < -0.39 is 6.10 Å². The molecule has 0 aromatic heterocycles. The van der Waals surface area contributed by atoms with Crippen molar-refractivity contribution < 1.29 is 14.6 Å². The highest BCUT2D eigenvalue weighted by atomic mass is 16.5. The van der Waals surface area contributed by atoms with Crippen molar-refractivity contribution in [2.75, 3.05) is 39.5 Å². The van der Waals surface area contributed by atoms with Crippen molar-refractivity contribution in [2.24, 2.45) is 5.92 Å². The van der Waals surface area contributed by atoms with Gasteiger partial charge in [0.2, 0.25) is 0 Å². The Labute approximate surface area is 125 Å². The zero-order valence-electron chi connectivity index (χ0n) is 13.7. The molecule has 0 saturated heterocycles. The molecule has 0 aromatic rings. The molecule has 0 aromatic carbocycles. The third-order valence-electron chi connectivity index (χ3n) is 3.43. The normalized spacial score (nSPS) is 14.4. The zero-order chi connectivity index (χ0) is 15.1. The predicted molar refractivity (Wildman–Crippen MR) is 84.1 cm³/mol. The van der Waals surface area contributed by atoms with E-state index in [-0.39, 0.29) is 0 Å². The van der Waals surface area contributed by atoms with Gasteiger partial charge in [-0.3, -0.25) is 0 Å². The quantitative estimate of drug-likeness (QED) is 0.455. The van der Waals surface area contributed by atoms with Gasteiger partial charge in [0.1, 0.15) is 0 Å². The SMILES string of the molecule is CCCCC(CC)COCC(O)CNCCCOCC. The summed E-state index contributed by atoms with van der Waals surface area (Å²) >= 11 is 0. The van der Waals surface area contributed by atoms with Crippen LogP contribution in [0.1, 0.15) is 52.9 Å². The molecule has 0 spiro atoms. The largest absolute Gasteiger partial charge is 0.389 e. The molecule has 0 saturated carbocycles. The summed E-state index contributed by atoms with van der Waals surface area (Å²) < 4.78 is 10.9. The van der Waals surface area contributed by atoms with Crippen molar-refractivity contribution in [3.63, 3.8) is 0 Å². The van der Waals surface area contributed by atoms with Crippen LogP contribution >= 0.6 is 0 Å². The molecule has 0 radical (unpaired) electrons. The molecule has 2 unspecified atom stereocenters. The van der Waals surface area contributed by atoms with E-state index in [0.29, 0.717) is 19.1 Å². The molecule has 0 fully saturated rings. The molecule has 20 heavy (non-hydrogen) atoms. The molecule has 0 aliphatic heterocycles. The molecule has 2 N–H and O–H groups in total. The summed E-state index contributed by atoms with van der Waals surface area (Å²) in [6, 6.07) is 0. The summed E-state index contributed by atoms with van der Waals surface area (Å²) in [6.45, 7) is 10.7. The van der Waals surface area contributed by atoms with E-state index >= 15 is 0 Å². The van der Waals surface area contributed by atoms with Gasteiger partial charge in [-0.25, -0.2) is 0 Å². The van der Waals surface area contributed by atoms with Crippen LogP contribution in [0.3, 0.4) is 0 Å². The van der Waals surface area contributed by atoms with Crippen molar-refractivity contribution in [3.8, 4) is 0 Å². The van der Waals surface area contributed by atoms with E-state index in [1.54, 1.807) is 0 Å². The van der Waals surface area contributed by atoms with E-state index in [0.717, 1.165) is 39.2 Å². The first-order valence-electron chi connectivity index (χ1n) is 8.28. The highest BCUT2D eigenvalue weighted by Gasteiger charge is 2.08. The van der Waals surface area contributed by atoms with Crippen LogP contribution in [0.15, 0.2) is 0 Å². The average molecular weight is 289 g/mol. The van der Waals surface area contributed by atoms with Gasteiger partial charge >= 0.3 is 0 Å². The Bertz CT molecular complexity index is 191. The lowest BCUT2D eigenvalue weighted by Gasteiger charge is -2.17. The van der Waals surface area contributed by atoms with Gasteiger partial charge in [-0.15, -0.1) is 0 Å². The number of ether oxygens (including phenoxy) is 2. The Hall–Kier alpha value is -0.160. The van der Waals surface area contributed by atoms with Gasteiger partial charge in [-0.1, -0.05) is 33.1 Å². The first kappa shape index (κ1) is 19.8. The fraction of sp³-hybridized carbons (Fsp3) is 1.00. The topological polar surface area (TPSA) is 50.7 Å². The maximum absolute atomic E-state index is 9.79. The van der Waals surface area contributed by atoms with E-state index in [1.165, 1.54) is 19.3 Å². The summed E-state index contributed by atoms with van der Waals surface area (Å²) in [4.78, 5) is 0. The van der Waals surface area contributed by atoms with Crippen molar-refractivity contribution >= 4 is 0 Å². The van der Waals surface area contributed by atoms with Crippen molar-refractivity contribution in [1.82, 2.24) is 5.32 Å². The van der Waals surface area contributed by atoms with Crippen molar-refractivity contribution in [1.29, 1.82) is 0 Å².